The first-order valence-electron chi connectivity index (χ1n) is 22.3. The summed E-state index contributed by atoms with van der Waals surface area (Å²) in [7, 11) is 0. The predicted molar refractivity (Wildman–Crippen MR) is 269 cm³/mol. The van der Waals surface area contributed by atoms with E-state index in [4.69, 9.17) is 0 Å². The molecule has 0 aromatic heterocycles. The van der Waals surface area contributed by atoms with Gasteiger partial charge < -0.3 is 0 Å². The molecule has 0 nitrogen and oxygen atoms in total. The van der Waals surface area contributed by atoms with Gasteiger partial charge in [0.15, 0.2) is 0 Å². The average molecular weight is 849 g/mol. The quantitative estimate of drug-likeness (QED) is 0.0924. The first kappa shape index (κ1) is 35.1. The van der Waals surface area contributed by atoms with Crippen LogP contribution >= 0.6 is 0 Å². The van der Waals surface area contributed by atoms with Crippen molar-refractivity contribution in [3.05, 3.63) is 193 Å². The van der Waals surface area contributed by atoms with Crippen molar-refractivity contribution in [3.63, 3.8) is 0 Å². The van der Waals surface area contributed by atoms with Crippen molar-refractivity contribution in [1.29, 1.82) is 0 Å². The van der Waals surface area contributed by atoms with E-state index in [9.17, 15) is 8.78 Å². The molecule has 16 aromatic rings. The molecule has 66 heavy (non-hydrogen) atoms. The van der Waals surface area contributed by atoms with Gasteiger partial charge in [0.25, 0.3) is 0 Å². The monoisotopic (exact) mass is 848 g/mol. The Balaban J connectivity index is 1.17. The van der Waals surface area contributed by atoms with E-state index < -0.39 is 23.3 Å². The van der Waals surface area contributed by atoms with E-state index in [2.05, 4.69) is 133 Å². The average Bonchev–Trinajstić information content (AvgIpc) is 3.84. The third kappa shape index (κ3) is 4.09. The van der Waals surface area contributed by atoms with Gasteiger partial charge in [-0.05, 0) is 176 Å². The van der Waals surface area contributed by atoms with Gasteiger partial charge in [-0.2, -0.15) is 0 Å². The van der Waals surface area contributed by atoms with Gasteiger partial charge in [0, 0.05) is 34.4 Å². The van der Waals surface area contributed by atoms with Crippen LogP contribution in [0.1, 0.15) is 0 Å². The highest BCUT2D eigenvalue weighted by Gasteiger charge is 2.29. The molecule has 0 aliphatic carbocycles. The largest absolute Gasteiger partial charge is 0.207 e. The fourth-order valence-electron chi connectivity index (χ4n) is 12.8. The van der Waals surface area contributed by atoms with Gasteiger partial charge >= 0.3 is 0 Å². The van der Waals surface area contributed by atoms with Crippen molar-refractivity contribution in [2.24, 2.45) is 0 Å². The number of hydrogen-bond donors (Lipinski definition) is 0. The molecular weight excluding hydrogens is 821 g/mol. The van der Waals surface area contributed by atoms with Crippen LogP contribution in [0.25, 0.3) is 162 Å². The van der Waals surface area contributed by atoms with Crippen LogP contribution in [0.15, 0.2) is 170 Å². The molecule has 304 valence electrons. The SMILES string of the molecule is Fc1ccc(-c2c3cc4c(cc3c(-c3ccc(F)cc3F)c3c5ccc6c7cccc8cccc(c9ccc(c23)c5c96)c87)c2ccc3c5cccc6cccc(c7ccc4c2c73)c65)c(F)c1. The molecule has 0 N–H and O–H groups in total. The van der Waals surface area contributed by atoms with Gasteiger partial charge in [-0.3, -0.25) is 0 Å². The van der Waals surface area contributed by atoms with Crippen molar-refractivity contribution in [3.8, 4) is 22.3 Å². The Bertz CT molecular complexity index is 4560. The Morgan fingerprint density at radius 3 is 0.864 bits per heavy atom. The summed E-state index contributed by atoms with van der Waals surface area (Å²) in [6, 6.07) is 55.1. The first-order chi connectivity index (χ1) is 32.4. The van der Waals surface area contributed by atoms with E-state index in [1.54, 1.807) is 0 Å². The molecule has 0 fully saturated rings. The van der Waals surface area contributed by atoms with Gasteiger partial charge in [-0.1, -0.05) is 121 Å². The van der Waals surface area contributed by atoms with E-state index in [1.165, 1.54) is 67.4 Å². The van der Waals surface area contributed by atoms with Crippen LogP contribution in [0.3, 0.4) is 0 Å². The van der Waals surface area contributed by atoms with E-state index >= 15 is 8.78 Å². The zero-order valence-corrected chi connectivity index (χ0v) is 34.7. The van der Waals surface area contributed by atoms with Gasteiger partial charge in [0.05, 0.1) is 0 Å². The lowest BCUT2D eigenvalue weighted by Gasteiger charge is -2.18. The summed E-state index contributed by atoms with van der Waals surface area (Å²) in [6.45, 7) is 0. The summed E-state index contributed by atoms with van der Waals surface area (Å²) in [5, 5.41) is 27.0. The summed E-state index contributed by atoms with van der Waals surface area (Å²) in [6.07, 6.45) is 0. The fourth-order valence-corrected chi connectivity index (χ4v) is 12.8. The zero-order chi connectivity index (χ0) is 43.4. The van der Waals surface area contributed by atoms with Crippen LogP contribution in [0.5, 0.6) is 0 Å². The molecule has 16 aromatic carbocycles. The van der Waals surface area contributed by atoms with Crippen molar-refractivity contribution in [1.82, 2.24) is 0 Å². The molecule has 0 bridgehead atoms. The van der Waals surface area contributed by atoms with E-state index in [1.807, 2.05) is 0 Å². The van der Waals surface area contributed by atoms with Gasteiger partial charge in [-0.25, -0.2) is 17.6 Å². The highest BCUT2D eigenvalue weighted by molar-refractivity contribution is 6.48. The second-order valence-electron chi connectivity index (χ2n) is 18.3. The highest BCUT2D eigenvalue weighted by Crippen LogP contribution is 2.56. The summed E-state index contributed by atoms with van der Waals surface area (Å²) < 4.78 is 63.6. The topological polar surface area (TPSA) is 0 Å². The van der Waals surface area contributed by atoms with E-state index in [-0.39, 0.29) is 11.1 Å². The summed E-state index contributed by atoms with van der Waals surface area (Å²) in [5.74, 6) is -2.74. The maximum Gasteiger partial charge on any atom is 0.133 e. The molecule has 0 saturated heterocycles. The predicted octanol–water partition coefficient (Wildman–Crippen LogP) is 18.3. The fraction of sp³-hybridized carbons (Fsp3) is 0. The smallest absolute Gasteiger partial charge is 0.133 e. The van der Waals surface area contributed by atoms with Crippen molar-refractivity contribution in [2.75, 3.05) is 0 Å². The Morgan fingerprint density at radius 2 is 0.515 bits per heavy atom. The lowest BCUT2D eigenvalue weighted by Crippen LogP contribution is -1.94. The van der Waals surface area contributed by atoms with Crippen molar-refractivity contribution >= 4 is 140 Å². The molecule has 0 unspecified atom stereocenters. The molecule has 0 saturated carbocycles. The number of rotatable bonds is 2. The third-order valence-corrected chi connectivity index (χ3v) is 15.3. The standard InChI is InChI=1S/C62H28F4/c63-31-13-15-43(51(65)25-31)58-49-27-47-41-19-17-37-33-9-1-5-29-6-2-10-34(53(29)33)38-18-20-42(57(41)55(37)38)48(47)28-50(49)59(44-16-14-32(64)26-52(44)66)62-46-24-22-40-36-12-4-8-30-7-3-11-35(54(30)36)39-21-23-45(61(58)62)60(46)56(39)40/h1-28H. The maximum absolute atomic E-state index is 16.8. The normalized spacial score (nSPS) is 12.8. The highest BCUT2D eigenvalue weighted by atomic mass is 19.1. The second kappa shape index (κ2) is 11.9. The Labute approximate surface area is 371 Å². The lowest BCUT2D eigenvalue weighted by atomic mass is 9.85. The van der Waals surface area contributed by atoms with Crippen LogP contribution in [0.2, 0.25) is 0 Å². The maximum atomic E-state index is 16.8. The van der Waals surface area contributed by atoms with Crippen LogP contribution in [0, 0.1) is 23.3 Å². The van der Waals surface area contributed by atoms with Gasteiger partial charge in [0.2, 0.25) is 0 Å². The minimum Gasteiger partial charge on any atom is -0.207 e. The summed E-state index contributed by atoms with van der Waals surface area (Å²) in [5.41, 5.74) is 1.69. The summed E-state index contributed by atoms with van der Waals surface area (Å²) >= 11 is 0. The van der Waals surface area contributed by atoms with Crippen LogP contribution < -0.4 is 0 Å². The molecule has 0 amide bonds. The molecule has 16 rings (SSSR count). The lowest BCUT2D eigenvalue weighted by molar-refractivity contribution is 0.585. The number of benzene rings is 14. The summed E-state index contributed by atoms with van der Waals surface area (Å²) in [4.78, 5) is 0. The number of halogens is 4. The Morgan fingerprint density at radius 1 is 0.212 bits per heavy atom. The molecule has 0 aliphatic heterocycles. The Kier molecular flexibility index (Phi) is 6.30. The van der Waals surface area contributed by atoms with E-state index in [0.29, 0.717) is 21.9 Å². The molecular formula is C62H28F4. The molecule has 0 spiro atoms. The van der Waals surface area contributed by atoms with Gasteiger partial charge in [-0.15, -0.1) is 0 Å². The molecule has 0 atom stereocenters. The molecule has 0 heterocycles. The van der Waals surface area contributed by atoms with Crippen molar-refractivity contribution < 1.29 is 17.6 Å². The molecule has 0 radical (unpaired) electrons. The third-order valence-electron chi connectivity index (χ3n) is 15.3. The van der Waals surface area contributed by atoms with E-state index in [0.717, 1.165) is 98.3 Å². The number of hydrogen-bond acceptors (Lipinski definition) is 0. The number of fused-ring (bicyclic) bond motifs is 11. The minimum atomic E-state index is -0.694. The van der Waals surface area contributed by atoms with Crippen molar-refractivity contribution in [2.45, 2.75) is 0 Å². The molecule has 4 heteroatoms. The Hall–Kier alpha value is -8.34. The van der Waals surface area contributed by atoms with Crippen LogP contribution in [-0.2, 0) is 0 Å². The zero-order valence-electron chi connectivity index (χ0n) is 34.7. The van der Waals surface area contributed by atoms with Crippen LogP contribution in [-0.4, -0.2) is 0 Å². The van der Waals surface area contributed by atoms with Crippen LogP contribution in [0.4, 0.5) is 17.6 Å². The van der Waals surface area contributed by atoms with Gasteiger partial charge in [0.1, 0.15) is 23.3 Å². The molecule has 0 aliphatic rings. The first-order valence-corrected chi connectivity index (χ1v) is 22.3. The second-order valence-corrected chi connectivity index (χ2v) is 18.3. The minimum absolute atomic E-state index is 0.244.